The molecule has 0 spiro atoms. The number of halogens is 1. The first-order valence-corrected chi connectivity index (χ1v) is 3.84. The zero-order valence-corrected chi connectivity index (χ0v) is 7.54. The molecule has 0 aliphatic heterocycles. The lowest BCUT2D eigenvalue weighted by Crippen LogP contribution is -2.17. The van der Waals surface area contributed by atoms with Crippen molar-refractivity contribution in [2.75, 3.05) is 0 Å². The van der Waals surface area contributed by atoms with Gasteiger partial charge in [-0.1, -0.05) is 11.6 Å². The molecule has 1 aromatic heterocycles. The van der Waals surface area contributed by atoms with E-state index in [9.17, 15) is 4.79 Å². The van der Waals surface area contributed by atoms with Crippen LogP contribution in [0.4, 0.5) is 0 Å². The molecule has 1 heterocycles. The Hall–Kier alpha value is -1.03. The van der Waals surface area contributed by atoms with Gasteiger partial charge in [0.1, 0.15) is 6.04 Å². The Balaban J connectivity index is 3.03. The molecule has 1 rings (SSSR count). The number of hydrogen-bond acceptors (Lipinski definition) is 2. The molecule has 66 valence electrons. The summed E-state index contributed by atoms with van der Waals surface area (Å²) in [5.41, 5.74) is 0.673. The van der Waals surface area contributed by atoms with Crippen LogP contribution in [-0.4, -0.2) is 20.9 Å². The first-order valence-electron chi connectivity index (χ1n) is 3.46. The number of aliphatic carboxylic acids is 1. The molecular formula is C7H9ClN2O2. The maximum absolute atomic E-state index is 10.6. The monoisotopic (exact) mass is 188 g/mol. The molecule has 1 atom stereocenters. The van der Waals surface area contributed by atoms with Gasteiger partial charge in [-0.2, -0.15) is 5.10 Å². The smallest absolute Gasteiger partial charge is 0.328 e. The summed E-state index contributed by atoms with van der Waals surface area (Å²) in [6.45, 7) is 3.29. The van der Waals surface area contributed by atoms with Gasteiger partial charge in [-0.15, -0.1) is 0 Å². The molecule has 0 aromatic carbocycles. The molecule has 0 aliphatic carbocycles. The van der Waals surface area contributed by atoms with Crippen molar-refractivity contribution in [1.82, 2.24) is 9.78 Å². The molecule has 0 aliphatic rings. The molecular weight excluding hydrogens is 180 g/mol. The Labute approximate surface area is 74.8 Å². The minimum absolute atomic E-state index is 0.489. The highest BCUT2D eigenvalue weighted by Crippen LogP contribution is 2.17. The van der Waals surface area contributed by atoms with Crippen LogP contribution in [0.3, 0.4) is 0 Å². The van der Waals surface area contributed by atoms with Gasteiger partial charge in [-0.05, 0) is 13.8 Å². The number of aromatic nitrogens is 2. The van der Waals surface area contributed by atoms with Crippen LogP contribution >= 0.6 is 11.6 Å². The normalized spacial score (nSPS) is 12.9. The molecule has 1 aromatic rings. The lowest BCUT2D eigenvalue weighted by Gasteiger charge is -2.08. The van der Waals surface area contributed by atoms with Crippen molar-refractivity contribution in [2.24, 2.45) is 0 Å². The molecule has 0 unspecified atom stereocenters. The topological polar surface area (TPSA) is 55.1 Å². The van der Waals surface area contributed by atoms with Crippen molar-refractivity contribution < 1.29 is 9.90 Å². The Morgan fingerprint density at radius 3 is 2.75 bits per heavy atom. The molecule has 1 N–H and O–H groups in total. The van der Waals surface area contributed by atoms with Gasteiger partial charge < -0.3 is 5.11 Å². The average molecular weight is 189 g/mol. The van der Waals surface area contributed by atoms with Gasteiger partial charge in [0.05, 0.1) is 16.9 Å². The highest BCUT2D eigenvalue weighted by atomic mass is 35.5. The molecule has 4 nitrogen and oxygen atoms in total. The Morgan fingerprint density at radius 2 is 2.42 bits per heavy atom. The number of carboxylic acid groups (broad SMARTS) is 1. The van der Waals surface area contributed by atoms with Crippen molar-refractivity contribution in [3.05, 3.63) is 16.9 Å². The summed E-state index contributed by atoms with van der Waals surface area (Å²) < 4.78 is 1.38. The van der Waals surface area contributed by atoms with Gasteiger partial charge in [0.25, 0.3) is 0 Å². The van der Waals surface area contributed by atoms with Crippen LogP contribution < -0.4 is 0 Å². The van der Waals surface area contributed by atoms with Crippen molar-refractivity contribution in [2.45, 2.75) is 19.9 Å². The van der Waals surface area contributed by atoms with Gasteiger partial charge in [0.2, 0.25) is 0 Å². The van der Waals surface area contributed by atoms with Gasteiger partial charge in [-0.3, -0.25) is 4.68 Å². The zero-order chi connectivity index (χ0) is 9.30. The number of rotatable bonds is 2. The Kier molecular flexibility index (Phi) is 2.38. The summed E-state index contributed by atoms with van der Waals surface area (Å²) in [4.78, 5) is 10.6. The van der Waals surface area contributed by atoms with Crippen LogP contribution in [0.15, 0.2) is 6.20 Å². The second-order valence-electron chi connectivity index (χ2n) is 2.54. The molecule has 0 bridgehead atoms. The molecule has 0 saturated carbocycles. The highest BCUT2D eigenvalue weighted by Gasteiger charge is 2.16. The van der Waals surface area contributed by atoms with Gasteiger partial charge in [0, 0.05) is 0 Å². The minimum Gasteiger partial charge on any atom is -0.480 e. The largest absolute Gasteiger partial charge is 0.480 e. The van der Waals surface area contributed by atoms with E-state index in [1.807, 2.05) is 0 Å². The second kappa shape index (κ2) is 3.15. The number of carboxylic acids is 1. The lowest BCUT2D eigenvalue weighted by atomic mass is 10.3. The summed E-state index contributed by atoms with van der Waals surface area (Å²) in [6, 6.07) is -0.669. The molecule has 12 heavy (non-hydrogen) atoms. The van der Waals surface area contributed by atoms with Crippen LogP contribution in [0.25, 0.3) is 0 Å². The SMILES string of the molecule is Cc1c(Cl)cnn1[C@@H](C)C(=O)O. The fraction of sp³-hybridized carbons (Fsp3) is 0.429. The van der Waals surface area contributed by atoms with E-state index in [0.29, 0.717) is 10.7 Å². The van der Waals surface area contributed by atoms with E-state index in [0.717, 1.165) is 0 Å². The summed E-state index contributed by atoms with van der Waals surface area (Å²) in [5, 5.41) is 13.0. The van der Waals surface area contributed by atoms with E-state index in [2.05, 4.69) is 5.10 Å². The first-order chi connectivity index (χ1) is 5.54. The fourth-order valence-electron chi connectivity index (χ4n) is 0.897. The van der Waals surface area contributed by atoms with Gasteiger partial charge in [0.15, 0.2) is 0 Å². The van der Waals surface area contributed by atoms with E-state index in [1.165, 1.54) is 10.9 Å². The van der Waals surface area contributed by atoms with Gasteiger partial charge >= 0.3 is 5.97 Å². The standard InChI is InChI=1S/C7H9ClN2O2/c1-4-6(8)3-9-10(4)5(2)7(11)12/h3,5H,1-2H3,(H,11,12)/t5-/m0/s1. The molecule has 0 radical (unpaired) electrons. The average Bonchev–Trinajstić information content (AvgIpc) is 2.32. The van der Waals surface area contributed by atoms with E-state index in [1.54, 1.807) is 13.8 Å². The number of nitrogens with zero attached hydrogens (tertiary/aromatic N) is 2. The number of carbonyl (C=O) groups is 1. The minimum atomic E-state index is -0.919. The summed E-state index contributed by atoms with van der Waals surface area (Å²) in [5.74, 6) is -0.919. The third-order valence-electron chi connectivity index (χ3n) is 1.71. The van der Waals surface area contributed by atoms with Crippen LogP contribution in [0.5, 0.6) is 0 Å². The molecule has 5 heteroatoms. The summed E-state index contributed by atoms with van der Waals surface area (Å²) >= 11 is 5.70. The predicted molar refractivity (Wildman–Crippen MR) is 44.3 cm³/mol. The first kappa shape index (κ1) is 9.06. The molecule has 0 fully saturated rings. The van der Waals surface area contributed by atoms with Crippen LogP contribution in [0.1, 0.15) is 18.7 Å². The van der Waals surface area contributed by atoms with Crippen LogP contribution in [0, 0.1) is 6.92 Å². The maximum Gasteiger partial charge on any atom is 0.328 e. The quantitative estimate of drug-likeness (QED) is 0.765. The molecule has 0 saturated heterocycles. The van der Waals surface area contributed by atoms with Crippen LogP contribution in [0.2, 0.25) is 5.02 Å². The number of hydrogen-bond donors (Lipinski definition) is 1. The Bertz CT molecular complexity index is 308. The Morgan fingerprint density at radius 1 is 1.83 bits per heavy atom. The van der Waals surface area contributed by atoms with Crippen molar-refractivity contribution in [3.63, 3.8) is 0 Å². The predicted octanol–water partition coefficient (Wildman–Crippen LogP) is 1.49. The lowest BCUT2D eigenvalue weighted by molar-refractivity contribution is -0.140. The third-order valence-corrected chi connectivity index (χ3v) is 2.08. The van der Waals surface area contributed by atoms with Crippen LogP contribution in [-0.2, 0) is 4.79 Å². The highest BCUT2D eigenvalue weighted by molar-refractivity contribution is 6.31. The van der Waals surface area contributed by atoms with E-state index in [-0.39, 0.29) is 0 Å². The van der Waals surface area contributed by atoms with E-state index >= 15 is 0 Å². The van der Waals surface area contributed by atoms with Crippen molar-refractivity contribution in [1.29, 1.82) is 0 Å². The summed E-state index contributed by atoms with van der Waals surface area (Å²) in [6.07, 6.45) is 1.44. The van der Waals surface area contributed by atoms with Crippen molar-refractivity contribution in [3.8, 4) is 0 Å². The van der Waals surface area contributed by atoms with Gasteiger partial charge in [-0.25, -0.2) is 4.79 Å². The second-order valence-corrected chi connectivity index (χ2v) is 2.94. The zero-order valence-electron chi connectivity index (χ0n) is 6.78. The molecule has 0 amide bonds. The van der Waals surface area contributed by atoms with E-state index in [4.69, 9.17) is 16.7 Å². The van der Waals surface area contributed by atoms with E-state index < -0.39 is 12.0 Å². The van der Waals surface area contributed by atoms with Crippen molar-refractivity contribution >= 4 is 17.6 Å². The fourth-order valence-corrected chi connectivity index (χ4v) is 1.03. The third kappa shape index (κ3) is 1.43. The maximum atomic E-state index is 10.6. The summed E-state index contributed by atoms with van der Waals surface area (Å²) in [7, 11) is 0.